The number of benzene rings is 2. The Morgan fingerprint density at radius 2 is 1.89 bits per heavy atom. The van der Waals surface area contributed by atoms with E-state index in [0.29, 0.717) is 22.8 Å². The quantitative estimate of drug-likeness (QED) is 0.585. The van der Waals surface area contributed by atoms with E-state index < -0.39 is 0 Å². The number of pyridine rings is 1. The van der Waals surface area contributed by atoms with Gasteiger partial charge in [-0.25, -0.2) is 4.39 Å². The Hall–Kier alpha value is -2.37. The van der Waals surface area contributed by atoms with Crippen molar-refractivity contribution in [1.82, 2.24) is 9.88 Å². The second-order valence-electron chi connectivity index (χ2n) is 6.94. The van der Waals surface area contributed by atoms with Crippen LogP contribution in [0.25, 0.3) is 10.9 Å². The number of phenolic OH excluding ortho intramolecular Hbond substituents is 1. The van der Waals surface area contributed by atoms with Gasteiger partial charge in [0.2, 0.25) is 0 Å². The van der Waals surface area contributed by atoms with Crippen molar-refractivity contribution in [1.29, 1.82) is 0 Å². The smallest absolute Gasteiger partial charge is 0.143 e. The number of anilines is 2. The summed E-state index contributed by atoms with van der Waals surface area (Å²) in [5.41, 5.74) is 2.42. The predicted molar refractivity (Wildman–Crippen MR) is 107 cm³/mol. The third kappa shape index (κ3) is 3.99. The van der Waals surface area contributed by atoms with Crippen LogP contribution in [0.3, 0.4) is 0 Å². The normalized spacial score (nSPS) is 15.2. The standard InChI is InChI=1S/C21H21ClFN3O/c22-15-4-5-17-18(6-7-24-19(17)11-15)25-20-12-16(23)10-14(21(20)27)13-26-8-2-1-3-9-26/h4-7,10-12,27H,1-3,8-9,13H2,(H,24,25). The minimum atomic E-state index is -0.372. The highest BCUT2D eigenvalue weighted by molar-refractivity contribution is 6.31. The number of aromatic nitrogens is 1. The highest BCUT2D eigenvalue weighted by Gasteiger charge is 2.16. The summed E-state index contributed by atoms with van der Waals surface area (Å²) in [6.45, 7) is 2.51. The van der Waals surface area contributed by atoms with Gasteiger partial charge in [0.15, 0.2) is 0 Å². The van der Waals surface area contributed by atoms with Crippen molar-refractivity contribution >= 4 is 33.9 Å². The van der Waals surface area contributed by atoms with Crippen molar-refractivity contribution in [2.24, 2.45) is 0 Å². The number of hydrogen-bond donors (Lipinski definition) is 2. The molecule has 0 atom stereocenters. The lowest BCUT2D eigenvalue weighted by molar-refractivity contribution is 0.218. The van der Waals surface area contributed by atoms with Crippen LogP contribution in [0.15, 0.2) is 42.6 Å². The molecule has 3 aromatic rings. The molecule has 2 N–H and O–H groups in total. The summed E-state index contributed by atoms with van der Waals surface area (Å²) in [6.07, 6.45) is 5.18. The van der Waals surface area contributed by atoms with E-state index in [-0.39, 0.29) is 11.6 Å². The molecule has 1 aliphatic rings. The molecule has 0 saturated carbocycles. The number of piperidine rings is 1. The fourth-order valence-electron chi connectivity index (χ4n) is 3.61. The summed E-state index contributed by atoms with van der Waals surface area (Å²) in [7, 11) is 0. The Bertz CT molecular complexity index is 973. The molecule has 140 valence electrons. The van der Waals surface area contributed by atoms with Crippen molar-refractivity contribution in [3.05, 3.63) is 59.0 Å². The molecule has 6 heteroatoms. The zero-order valence-electron chi connectivity index (χ0n) is 14.9. The maximum Gasteiger partial charge on any atom is 0.143 e. The van der Waals surface area contributed by atoms with E-state index in [1.54, 1.807) is 24.4 Å². The minimum absolute atomic E-state index is 0.0842. The molecule has 4 rings (SSSR count). The maximum atomic E-state index is 14.2. The summed E-state index contributed by atoms with van der Waals surface area (Å²) >= 11 is 6.04. The van der Waals surface area contributed by atoms with Gasteiger partial charge < -0.3 is 10.4 Å². The van der Waals surface area contributed by atoms with Crippen molar-refractivity contribution in [2.75, 3.05) is 18.4 Å². The average molecular weight is 386 g/mol. The number of halogens is 2. The fourth-order valence-corrected chi connectivity index (χ4v) is 3.77. The molecule has 0 radical (unpaired) electrons. The molecule has 1 aromatic heterocycles. The molecule has 27 heavy (non-hydrogen) atoms. The first-order valence-corrected chi connectivity index (χ1v) is 9.53. The largest absolute Gasteiger partial charge is 0.505 e. The Balaban J connectivity index is 1.66. The first-order chi connectivity index (χ1) is 13.1. The highest BCUT2D eigenvalue weighted by Crippen LogP contribution is 2.35. The molecular weight excluding hydrogens is 365 g/mol. The van der Waals surface area contributed by atoms with Crippen LogP contribution < -0.4 is 5.32 Å². The molecule has 0 unspecified atom stereocenters. The molecule has 0 aliphatic carbocycles. The summed E-state index contributed by atoms with van der Waals surface area (Å²) in [6, 6.07) is 9.94. The van der Waals surface area contributed by atoms with Gasteiger partial charge in [-0.15, -0.1) is 0 Å². The van der Waals surface area contributed by atoms with Gasteiger partial charge >= 0.3 is 0 Å². The second kappa shape index (κ2) is 7.71. The van der Waals surface area contributed by atoms with Crippen molar-refractivity contribution in [3.63, 3.8) is 0 Å². The van der Waals surface area contributed by atoms with Gasteiger partial charge in [0.25, 0.3) is 0 Å². The van der Waals surface area contributed by atoms with E-state index in [1.807, 2.05) is 6.07 Å². The fraction of sp³-hybridized carbons (Fsp3) is 0.286. The first kappa shape index (κ1) is 18.0. The van der Waals surface area contributed by atoms with E-state index in [9.17, 15) is 9.50 Å². The number of likely N-dealkylation sites (tertiary alicyclic amines) is 1. The van der Waals surface area contributed by atoms with Gasteiger partial charge in [0.05, 0.1) is 11.2 Å². The molecule has 1 saturated heterocycles. The summed E-state index contributed by atoms with van der Waals surface area (Å²) in [5.74, 6) is -0.287. The Morgan fingerprint density at radius 1 is 1.07 bits per heavy atom. The first-order valence-electron chi connectivity index (χ1n) is 9.15. The Labute approximate surface area is 162 Å². The maximum absolute atomic E-state index is 14.2. The second-order valence-corrected chi connectivity index (χ2v) is 7.38. The molecule has 1 fully saturated rings. The third-order valence-corrected chi connectivity index (χ3v) is 5.21. The average Bonchev–Trinajstić information content (AvgIpc) is 2.66. The number of fused-ring (bicyclic) bond motifs is 1. The van der Waals surface area contributed by atoms with Gasteiger partial charge in [0.1, 0.15) is 11.6 Å². The molecule has 4 nitrogen and oxygen atoms in total. The molecule has 0 spiro atoms. The number of rotatable bonds is 4. The lowest BCUT2D eigenvalue weighted by Crippen LogP contribution is -2.29. The van der Waals surface area contributed by atoms with E-state index in [0.717, 1.165) is 42.5 Å². The minimum Gasteiger partial charge on any atom is -0.505 e. The van der Waals surface area contributed by atoms with Gasteiger partial charge in [-0.2, -0.15) is 0 Å². The number of nitrogens with zero attached hydrogens (tertiary/aromatic N) is 2. The molecule has 2 heterocycles. The van der Waals surface area contributed by atoms with E-state index in [1.165, 1.54) is 18.6 Å². The number of nitrogens with one attached hydrogen (secondary N) is 1. The van der Waals surface area contributed by atoms with Crippen LogP contribution in [0.4, 0.5) is 15.8 Å². The van der Waals surface area contributed by atoms with E-state index in [4.69, 9.17) is 11.6 Å². The Morgan fingerprint density at radius 3 is 2.70 bits per heavy atom. The van der Waals surface area contributed by atoms with Gasteiger partial charge in [-0.1, -0.05) is 18.0 Å². The zero-order valence-corrected chi connectivity index (χ0v) is 15.6. The van der Waals surface area contributed by atoms with Crippen LogP contribution in [0.2, 0.25) is 5.02 Å². The van der Waals surface area contributed by atoms with E-state index >= 15 is 0 Å². The number of hydrogen-bond acceptors (Lipinski definition) is 4. The van der Waals surface area contributed by atoms with Crippen LogP contribution in [0.5, 0.6) is 5.75 Å². The third-order valence-electron chi connectivity index (χ3n) is 4.97. The summed E-state index contributed by atoms with van der Waals surface area (Å²) < 4.78 is 14.2. The van der Waals surface area contributed by atoms with Crippen LogP contribution in [-0.4, -0.2) is 28.1 Å². The SMILES string of the molecule is Oc1c(CN2CCCCC2)cc(F)cc1Nc1ccnc2cc(Cl)ccc12. The molecule has 1 aliphatic heterocycles. The van der Waals surface area contributed by atoms with Crippen molar-refractivity contribution in [3.8, 4) is 5.75 Å². The van der Waals surface area contributed by atoms with E-state index in [2.05, 4.69) is 15.2 Å². The Kier molecular flexibility index (Phi) is 5.14. The van der Waals surface area contributed by atoms with Crippen molar-refractivity contribution < 1.29 is 9.50 Å². The van der Waals surface area contributed by atoms with Gasteiger partial charge in [-0.3, -0.25) is 9.88 Å². The van der Waals surface area contributed by atoms with Crippen LogP contribution in [-0.2, 0) is 6.54 Å². The van der Waals surface area contributed by atoms with Crippen LogP contribution >= 0.6 is 11.6 Å². The molecular formula is C21H21ClFN3O. The number of phenols is 1. The van der Waals surface area contributed by atoms with Gasteiger partial charge in [0, 0.05) is 40.5 Å². The lowest BCUT2D eigenvalue weighted by Gasteiger charge is -2.27. The molecule has 0 bridgehead atoms. The van der Waals surface area contributed by atoms with Gasteiger partial charge in [-0.05, 0) is 56.3 Å². The summed E-state index contributed by atoms with van der Waals surface area (Å²) in [4.78, 5) is 6.57. The van der Waals surface area contributed by atoms with Crippen LogP contribution in [0, 0.1) is 5.82 Å². The molecule has 0 amide bonds. The number of aromatic hydroxyl groups is 1. The monoisotopic (exact) mass is 385 g/mol. The topological polar surface area (TPSA) is 48.4 Å². The zero-order chi connectivity index (χ0) is 18.8. The molecule has 2 aromatic carbocycles. The van der Waals surface area contributed by atoms with Crippen molar-refractivity contribution in [2.45, 2.75) is 25.8 Å². The summed E-state index contributed by atoms with van der Waals surface area (Å²) in [5, 5.41) is 15.3. The predicted octanol–water partition coefficient (Wildman–Crippen LogP) is 5.46. The lowest BCUT2D eigenvalue weighted by atomic mass is 10.1. The highest BCUT2D eigenvalue weighted by atomic mass is 35.5. The van der Waals surface area contributed by atoms with Crippen LogP contribution in [0.1, 0.15) is 24.8 Å².